The van der Waals surface area contributed by atoms with E-state index in [4.69, 9.17) is 46.4 Å². The second-order valence-electron chi connectivity index (χ2n) is 3.62. The van der Waals surface area contributed by atoms with Gasteiger partial charge < -0.3 is 0 Å². The molecule has 0 radical (unpaired) electrons. The van der Waals surface area contributed by atoms with E-state index in [1.165, 1.54) is 5.54 Å². The van der Waals surface area contributed by atoms with Crippen LogP contribution in [-0.2, 0) is 0 Å². The second-order valence-corrected chi connectivity index (χ2v) is 6.58. The first-order valence-electron chi connectivity index (χ1n) is 4.30. The Hall–Kier alpha value is 1.12. The molecule has 0 nitrogen and oxygen atoms in total. The molecule has 0 aromatic heterocycles. The van der Waals surface area contributed by atoms with Crippen molar-refractivity contribution in [3.05, 3.63) is 23.8 Å². The zero-order chi connectivity index (χ0) is 12.1. The van der Waals surface area contributed by atoms with E-state index >= 15 is 0 Å². The Bertz CT molecular complexity index is 246. The fourth-order valence-electron chi connectivity index (χ4n) is 0.733. The van der Waals surface area contributed by atoms with Crippen molar-refractivity contribution in [3.63, 3.8) is 0 Å². The lowest BCUT2D eigenvalue weighted by molar-refractivity contribution is 0.790. The highest BCUT2D eigenvalue weighted by Crippen LogP contribution is 2.29. The van der Waals surface area contributed by atoms with Gasteiger partial charge in [0.25, 0.3) is 0 Å². The molecule has 0 fully saturated rings. The van der Waals surface area contributed by atoms with Gasteiger partial charge in [0.15, 0.2) is 0 Å². The minimum Gasteiger partial charge on any atom is -0.116 e. The molecule has 5 heteroatoms. The number of alkyl halides is 4. The summed E-state index contributed by atoms with van der Waals surface area (Å²) >= 11 is 27.1. The average molecular weight is 355 g/mol. The first-order valence-corrected chi connectivity index (χ1v) is 7.05. The van der Waals surface area contributed by atoms with Crippen LogP contribution in [0.25, 0.3) is 0 Å². The van der Waals surface area contributed by atoms with Crippen LogP contribution in [0.5, 0.6) is 0 Å². The van der Waals surface area contributed by atoms with E-state index in [0.717, 1.165) is 0 Å². The largest absolute Gasteiger partial charge is 0.116 e. The number of allylic oxidation sites excluding steroid dienone is 3. The fraction of sp³-hybridized carbons (Fsp3) is 0.600. The van der Waals surface area contributed by atoms with Crippen LogP contribution in [0, 0.1) is 0 Å². The number of rotatable bonds is 5. The maximum absolute atomic E-state index is 6.15. The van der Waals surface area contributed by atoms with Crippen LogP contribution in [0.15, 0.2) is 23.8 Å². The highest BCUT2D eigenvalue weighted by Gasteiger charge is 2.26. The van der Waals surface area contributed by atoms with Crippen LogP contribution in [-0.4, -0.2) is 20.5 Å². The van der Waals surface area contributed by atoms with Gasteiger partial charge in [-0.1, -0.05) is 45.8 Å². The predicted octanol–water partition coefficient (Wildman–Crippen LogP) is 5.29. The first-order chi connectivity index (χ1) is 6.75. The van der Waals surface area contributed by atoms with Gasteiger partial charge >= 0.3 is 0 Å². The number of hydrogen-bond donors (Lipinski definition) is 0. The molecule has 0 aliphatic rings. The van der Waals surface area contributed by atoms with Crippen molar-refractivity contribution in [1.29, 1.82) is 0 Å². The molecule has 0 heterocycles. The normalized spacial score (nSPS) is 22.9. The van der Waals surface area contributed by atoms with Gasteiger partial charge in [-0.25, -0.2) is 0 Å². The molecule has 3 atom stereocenters. The molecule has 0 aromatic rings. The van der Waals surface area contributed by atoms with E-state index in [1.807, 2.05) is 13.0 Å². The Balaban J connectivity index is 4.55. The van der Waals surface area contributed by atoms with Gasteiger partial charge in [-0.2, -0.15) is 0 Å². The third kappa shape index (κ3) is 6.43. The van der Waals surface area contributed by atoms with E-state index in [-0.39, 0.29) is 5.38 Å². The molecule has 0 saturated carbocycles. The smallest absolute Gasteiger partial charge is 0.0807 e. The molecule has 88 valence electrons. The molecule has 0 bridgehead atoms. The Labute approximate surface area is 120 Å². The van der Waals surface area contributed by atoms with Gasteiger partial charge in [0, 0.05) is 10.9 Å². The minimum atomic E-state index is -0.709. The summed E-state index contributed by atoms with van der Waals surface area (Å²) in [6, 6.07) is 0. The van der Waals surface area contributed by atoms with Gasteiger partial charge in [0.2, 0.25) is 0 Å². The molecular weight excluding hydrogens is 342 g/mol. The standard InChI is InChI=1S/C10H13BrCl4/c1-9(14,7-11)4-3-8(13)10(2,15)5-6-12/h3-6,8H,7H2,1-2H3/b4-3+,6-5+/t8-,9?,10+/m0/s1. The molecule has 0 rings (SSSR count). The lowest BCUT2D eigenvalue weighted by Gasteiger charge is -2.22. The predicted molar refractivity (Wildman–Crippen MR) is 76.1 cm³/mol. The van der Waals surface area contributed by atoms with E-state index < -0.39 is 9.75 Å². The summed E-state index contributed by atoms with van der Waals surface area (Å²) in [5, 5.41) is 0.276. The molecule has 0 aliphatic heterocycles. The lowest BCUT2D eigenvalue weighted by atomic mass is 10.0. The molecule has 0 saturated heterocycles. The van der Waals surface area contributed by atoms with Crippen LogP contribution in [0.3, 0.4) is 0 Å². The zero-order valence-electron chi connectivity index (χ0n) is 8.48. The summed E-state index contributed by atoms with van der Waals surface area (Å²) in [5.41, 5.74) is 1.36. The Morgan fingerprint density at radius 3 is 2.20 bits per heavy atom. The summed E-state index contributed by atoms with van der Waals surface area (Å²) in [7, 11) is 0. The van der Waals surface area contributed by atoms with E-state index in [2.05, 4.69) is 15.9 Å². The van der Waals surface area contributed by atoms with E-state index in [0.29, 0.717) is 5.33 Å². The third-order valence-electron chi connectivity index (χ3n) is 1.80. The van der Waals surface area contributed by atoms with Crippen LogP contribution in [0.2, 0.25) is 0 Å². The Kier molecular flexibility index (Phi) is 7.26. The van der Waals surface area contributed by atoms with Crippen LogP contribution >= 0.6 is 62.3 Å². The van der Waals surface area contributed by atoms with Crippen molar-refractivity contribution >= 4 is 62.3 Å². The van der Waals surface area contributed by atoms with Crippen molar-refractivity contribution in [2.75, 3.05) is 5.33 Å². The van der Waals surface area contributed by atoms with Gasteiger partial charge in [-0.15, -0.1) is 34.8 Å². The summed E-state index contributed by atoms with van der Waals surface area (Å²) in [6.45, 7) is 3.67. The molecule has 0 N–H and O–H groups in total. The fourth-order valence-corrected chi connectivity index (χ4v) is 1.60. The highest BCUT2D eigenvalue weighted by atomic mass is 79.9. The van der Waals surface area contributed by atoms with E-state index in [1.54, 1.807) is 19.1 Å². The number of halogens is 5. The zero-order valence-corrected chi connectivity index (χ0v) is 13.1. The molecule has 0 spiro atoms. The summed E-state index contributed by atoms with van der Waals surface area (Å²) < 4.78 is 0. The topological polar surface area (TPSA) is 0 Å². The summed E-state index contributed by atoms with van der Waals surface area (Å²) in [6.07, 6.45) is 5.24. The molecule has 0 aromatic carbocycles. The van der Waals surface area contributed by atoms with Crippen LogP contribution in [0.4, 0.5) is 0 Å². The van der Waals surface area contributed by atoms with Crippen molar-refractivity contribution in [2.45, 2.75) is 29.0 Å². The van der Waals surface area contributed by atoms with Crippen molar-refractivity contribution in [3.8, 4) is 0 Å². The summed E-state index contributed by atoms with van der Waals surface area (Å²) in [4.78, 5) is -1.16. The van der Waals surface area contributed by atoms with E-state index in [9.17, 15) is 0 Å². The van der Waals surface area contributed by atoms with Crippen molar-refractivity contribution in [2.24, 2.45) is 0 Å². The minimum absolute atomic E-state index is 0.369. The maximum atomic E-state index is 6.15. The van der Waals surface area contributed by atoms with Gasteiger partial charge in [0.1, 0.15) is 0 Å². The Morgan fingerprint density at radius 1 is 1.27 bits per heavy atom. The molecule has 15 heavy (non-hydrogen) atoms. The average Bonchev–Trinajstić information content (AvgIpc) is 2.14. The lowest BCUT2D eigenvalue weighted by Crippen LogP contribution is -2.26. The monoisotopic (exact) mass is 352 g/mol. The quantitative estimate of drug-likeness (QED) is 0.464. The number of hydrogen-bond acceptors (Lipinski definition) is 0. The molecule has 1 unspecified atom stereocenters. The van der Waals surface area contributed by atoms with Crippen molar-refractivity contribution < 1.29 is 0 Å². The van der Waals surface area contributed by atoms with Crippen molar-refractivity contribution in [1.82, 2.24) is 0 Å². The Morgan fingerprint density at radius 2 is 1.80 bits per heavy atom. The second kappa shape index (κ2) is 6.76. The molecular formula is C10H13BrCl4. The third-order valence-corrected chi connectivity index (χ3v) is 4.75. The van der Waals surface area contributed by atoms with Crippen LogP contribution in [0.1, 0.15) is 13.8 Å². The van der Waals surface area contributed by atoms with Gasteiger partial charge in [0.05, 0.1) is 15.1 Å². The molecule has 0 amide bonds. The maximum Gasteiger partial charge on any atom is 0.0807 e. The summed E-state index contributed by atoms with van der Waals surface area (Å²) in [5.74, 6) is 0. The van der Waals surface area contributed by atoms with Crippen LogP contribution < -0.4 is 0 Å². The SMILES string of the molecule is CC(Cl)(/C=C/[C@H](Cl)[C@](C)(Cl)/C=C/Cl)CBr. The first kappa shape index (κ1) is 16.1. The molecule has 0 aliphatic carbocycles. The van der Waals surface area contributed by atoms with Gasteiger partial charge in [-0.05, 0) is 13.8 Å². The van der Waals surface area contributed by atoms with Gasteiger partial charge in [-0.3, -0.25) is 0 Å². The highest BCUT2D eigenvalue weighted by molar-refractivity contribution is 9.09.